The highest BCUT2D eigenvalue weighted by atomic mass is 16.5. The Balaban J connectivity index is 1.49. The van der Waals surface area contributed by atoms with E-state index in [1.54, 1.807) is 17.9 Å². The molecule has 31 heavy (non-hydrogen) atoms. The average molecular weight is 415 g/mol. The minimum atomic E-state index is -0.228. The fourth-order valence-electron chi connectivity index (χ4n) is 3.53. The second-order valence-corrected chi connectivity index (χ2v) is 7.29. The van der Waals surface area contributed by atoms with Crippen molar-refractivity contribution in [2.45, 2.75) is 13.3 Å². The van der Waals surface area contributed by atoms with Crippen molar-refractivity contribution < 1.29 is 9.53 Å². The maximum absolute atomic E-state index is 12.6. The molecule has 0 bridgehead atoms. The van der Waals surface area contributed by atoms with Gasteiger partial charge in [0.05, 0.1) is 30.4 Å². The zero-order valence-corrected chi connectivity index (χ0v) is 17.6. The maximum Gasteiger partial charge on any atom is 0.248 e. The van der Waals surface area contributed by atoms with Gasteiger partial charge in [0.2, 0.25) is 5.91 Å². The number of ether oxygens (including phenoxy) is 1. The van der Waals surface area contributed by atoms with Crippen LogP contribution < -0.4 is 15.4 Å². The van der Waals surface area contributed by atoms with E-state index in [0.717, 1.165) is 47.8 Å². The van der Waals surface area contributed by atoms with Crippen LogP contribution in [0.2, 0.25) is 0 Å². The zero-order chi connectivity index (χ0) is 21.6. The molecule has 2 heterocycles. The van der Waals surface area contributed by atoms with Crippen molar-refractivity contribution in [1.29, 1.82) is 0 Å². The number of anilines is 1. The number of methoxy groups -OCH3 is 1. The number of nitrogens with zero attached hydrogens (tertiary/aromatic N) is 3. The summed E-state index contributed by atoms with van der Waals surface area (Å²) in [7, 11) is 1.67. The number of carbonyl (C=O) groups is 1. The summed E-state index contributed by atoms with van der Waals surface area (Å²) in [6, 6.07) is 13.5. The molecule has 4 rings (SSSR count). The lowest BCUT2D eigenvalue weighted by molar-refractivity contribution is -0.111. The van der Waals surface area contributed by atoms with Crippen molar-refractivity contribution in [2.24, 2.45) is 0 Å². The minimum Gasteiger partial charge on any atom is -0.496 e. The summed E-state index contributed by atoms with van der Waals surface area (Å²) in [5, 5.41) is 14.3. The first-order valence-corrected chi connectivity index (χ1v) is 10.2. The Labute approximate surface area is 181 Å². The number of aromatic nitrogens is 3. The lowest BCUT2D eigenvalue weighted by Crippen LogP contribution is -2.20. The molecule has 0 unspecified atom stereocenters. The van der Waals surface area contributed by atoms with E-state index in [1.165, 1.54) is 11.6 Å². The van der Waals surface area contributed by atoms with Crippen LogP contribution in [0, 0.1) is 6.92 Å². The monoisotopic (exact) mass is 415 g/mol. The van der Waals surface area contributed by atoms with E-state index < -0.39 is 0 Å². The van der Waals surface area contributed by atoms with E-state index in [9.17, 15) is 4.79 Å². The van der Waals surface area contributed by atoms with Gasteiger partial charge in [0.25, 0.3) is 0 Å². The molecular formula is C24H25N5O2. The summed E-state index contributed by atoms with van der Waals surface area (Å²) in [4.78, 5) is 12.6. The third-order valence-corrected chi connectivity index (χ3v) is 5.08. The van der Waals surface area contributed by atoms with Crippen LogP contribution in [0.1, 0.15) is 23.2 Å². The predicted octanol–water partition coefficient (Wildman–Crippen LogP) is 3.61. The molecule has 7 heteroatoms. The summed E-state index contributed by atoms with van der Waals surface area (Å²) < 4.78 is 7.24. The first-order valence-electron chi connectivity index (χ1n) is 10.2. The molecule has 0 atom stereocenters. The molecule has 0 aliphatic carbocycles. The largest absolute Gasteiger partial charge is 0.496 e. The molecular weight excluding hydrogens is 390 g/mol. The fraction of sp³-hybridized carbons (Fsp3) is 0.208. The highest BCUT2D eigenvalue weighted by Gasteiger charge is 2.12. The summed E-state index contributed by atoms with van der Waals surface area (Å²) in [6.45, 7) is 3.71. The first-order chi connectivity index (χ1) is 15.1. The number of hydrogen-bond acceptors (Lipinski definition) is 5. The number of aryl methyl sites for hydroxylation is 1. The summed E-state index contributed by atoms with van der Waals surface area (Å²) in [6.07, 6.45) is 8.27. The molecule has 1 amide bonds. The normalized spacial score (nSPS) is 13.8. The molecule has 1 aliphatic rings. The number of amides is 1. The van der Waals surface area contributed by atoms with Crippen LogP contribution in [0.5, 0.6) is 5.75 Å². The van der Waals surface area contributed by atoms with Crippen molar-refractivity contribution in [3.63, 3.8) is 0 Å². The second-order valence-electron chi connectivity index (χ2n) is 7.29. The zero-order valence-electron chi connectivity index (χ0n) is 17.6. The number of rotatable bonds is 6. The Kier molecular flexibility index (Phi) is 6.24. The van der Waals surface area contributed by atoms with Crippen molar-refractivity contribution in [3.8, 4) is 11.4 Å². The number of carbonyl (C=O) groups excluding carboxylic acids is 1. The number of nitrogens with one attached hydrogen (secondary N) is 2. The SMILES string of the molecule is COc1cc(/C=C/C(=O)Nc2ccccc2-n2cc(C)nn2)ccc1C1=CCNCC1. The van der Waals surface area contributed by atoms with E-state index in [1.807, 2.05) is 49.5 Å². The van der Waals surface area contributed by atoms with Crippen molar-refractivity contribution in [2.75, 3.05) is 25.5 Å². The molecule has 0 fully saturated rings. The third kappa shape index (κ3) is 4.90. The lowest BCUT2D eigenvalue weighted by Gasteiger charge is -2.17. The van der Waals surface area contributed by atoms with E-state index in [-0.39, 0.29) is 5.91 Å². The Morgan fingerprint density at radius 1 is 1.26 bits per heavy atom. The van der Waals surface area contributed by atoms with Crippen LogP contribution in [0.15, 0.2) is 60.8 Å². The van der Waals surface area contributed by atoms with Crippen molar-refractivity contribution >= 4 is 23.2 Å². The van der Waals surface area contributed by atoms with Gasteiger partial charge in [-0.05, 0) is 55.3 Å². The van der Waals surface area contributed by atoms with Crippen LogP contribution in [0.25, 0.3) is 17.3 Å². The Morgan fingerprint density at radius 2 is 2.13 bits per heavy atom. The molecule has 0 radical (unpaired) electrons. The van der Waals surface area contributed by atoms with Crippen molar-refractivity contribution in [1.82, 2.24) is 20.3 Å². The van der Waals surface area contributed by atoms with Gasteiger partial charge in [-0.2, -0.15) is 0 Å². The number of benzene rings is 2. The quantitative estimate of drug-likeness (QED) is 0.601. The molecule has 0 saturated carbocycles. The number of para-hydroxylation sites is 2. The highest BCUT2D eigenvalue weighted by molar-refractivity contribution is 6.03. The van der Waals surface area contributed by atoms with Crippen LogP contribution in [-0.4, -0.2) is 41.1 Å². The van der Waals surface area contributed by atoms with Crippen LogP contribution in [0.4, 0.5) is 5.69 Å². The third-order valence-electron chi connectivity index (χ3n) is 5.08. The Morgan fingerprint density at radius 3 is 2.87 bits per heavy atom. The second kappa shape index (κ2) is 9.40. The van der Waals surface area contributed by atoms with E-state index in [4.69, 9.17) is 4.74 Å². The molecule has 3 aromatic rings. The van der Waals surface area contributed by atoms with E-state index in [2.05, 4.69) is 33.1 Å². The van der Waals surface area contributed by atoms with Gasteiger partial charge in [0.15, 0.2) is 0 Å². The molecule has 1 aliphatic heterocycles. The minimum absolute atomic E-state index is 0.228. The van der Waals surface area contributed by atoms with Gasteiger partial charge in [-0.25, -0.2) is 4.68 Å². The fourth-order valence-corrected chi connectivity index (χ4v) is 3.53. The molecule has 2 N–H and O–H groups in total. The molecule has 0 saturated heterocycles. The van der Waals surface area contributed by atoms with Gasteiger partial charge in [-0.3, -0.25) is 4.79 Å². The van der Waals surface area contributed by atoms with Gasteiger partial charge in [-0.1, -0.05) is 35.6 Å². The smallest absolute Gasteiger partial charge is 0.248 e. The number of hydrogen-bond donors (Lipinski definition) is 2. The van der Waals surface area contributed by atoms with Crippen LogP contribution >= 0.6 is 0 Å². The molecule has 7 nitrogen and oxygen atoms in total. The molecule has 1 aromatic heterocycles. The molecule has 158 valence electrons. The van der Waals surface area contributed by atoms with Gasteiger partial charge >= 0.3 is 0 Å². The highest BCUT2D eigenvalue weighted by Crippen LogP contribution is 2.30. The average Bonchev–Trinajstić information content (AvgIpc) is 3.24. The summed E-state index contributed by atoms with van der Waals surface area (Å²) in [5.74, 6) is 0.580. The first kappa shape index (κ1) is 20.6. The van der Waals surface area contributed by atoms with Gasteiger partial charge in [-0.15, -0.1) is 5.10 Å². The van der Waals surface area contributed by atoms with E-state index in [0.29, 0.717) is 5.69 Å². The van der Waals surface area contributed by atoms with Gasteiger partial charge in [0.1, 0.15) is 5.75 Å². The van der Waals surface area contributed by atoms with Crippen molar-refractivity contribution in [3.05, 3.63) is 77.6 Å². The van der Waals surface area contributed by atoms with Crippen LogP contribution in [0.3, 0.4) is 0 Å². The maximum atomic E-state index is 12.6. The standard InChI is InChI=1S/C24H25N5O2/c1-17-16-29(28-27-17)22-6-4-3-5-21(22)26-24(30)10-8-18-7-9-20(23(15-18)31-2)19-11-13-25-14-12-19/h3-11,15-16,25H,12-14H2,1-2H3,(H,26,30)/b10-8+. The Bertz CT molecular complexity index is 1150. The summed E-state index contributed by atoms with van der Waals surface area (Å²) in [5.41, 5.74) is 5.49. The topological polar surface area (TPSA) is 81.1 Å². The van der Waals surface area contributed by atoms with Gasteiger partial charge in [0, 0.05) is 18.2 Å². The predicted molar refractivity (Wildman–Crippen MR) is 122 cm³/mol. The molecule has 0 spiro atoms. The van der Waals surface area contributed by atoms with E-state index >= 15 is 0 Å². The lowest BCUT2D eigenvalue weighted by atomic mass is 9.98. The molecule has 2 aromatic carbocycles. The van der Waals surface area contributed by atoms with Crippen LogP contribution in [-0.2, 0) is 4.79 Å². The van der Waals surface area contributed by atoms with Gasteiger partial charge < -0.3 is 15.4 Å². The summed E-state index contributed by atoms with van der Waals surface area (Å²) >= 11 is 0. The Hall–Kier alpha value is -3.71.